The molecule has 110 valence electrons. The van der Waals surface area contributed by atoms with Crippen LogP contribution in [0.5, 0.6) is 0 Å². The fraction of sp³-hybridized carbons (Fsp3) is 0.562. The van der Waals surface area contributed by atoms with Gasteiger partial charge in [-0.05, 0) is 44.2 Å². The van der Waals surface area contributed by atoms with Crippen LogP contribution in [-0.2, 0) is 11.2 Å². The van der Waals surface area contributed by atoms with Crippen molar-refractivity contribution in [3.8, 4) is 0 Å². The summed E-state index contributed by atoms with van der Waals surface area (Å²) in [7, 11) is 0. The van der Waals surface area contributed by atoms with Gasteiger partial charge < -0.3 is 15.5 Å². The number of carbonyl (C=O) groups is 1. The Balaban J connectivity index is 1.94. The number of aliphatic hydroxyl groups is 1. The standard InChI is InChI=1S/C16H23NO3/c1-16(2,20)8-7-11-3-5-12(6-4-11)14-9-13(10-17-14)15(18)19/h3-6,13-14,17,20H,7-10H2,1-2H3,(H,18,19). The number of aliphatic carboxylic acids is 1. The Morgan fingerprint density at radius 1 is 1.35 bits per heavy atom. The fourth-order valence-electron chi connectivity index (χ4n) is 2.54. The first-order chi connectivity index (χ1) is 9.35. The largest absolute Gasteiger partial charge is 0.481 e. The summed E-state index contributed by atoms with van der Waals surface area (Å²) in [6, 6.07) is 8.39. The predicted molar refractivity (Wildman–Crippen MR) is 77.5 cm³/mol. The molecular formula is C16H23NO3. The summed E-state index contributed by atoms with van der Waals surface area (Å²) in [6.07, 6.45) is 2.23. The van der Waals surface area contributed by atoms with Crippen molar-refractivity contribution in [3.63, 3.8) is 0 Å². The van der Waals surface area contributed by atoms with E-state index in [1.165, 1.54) is 5.56 Å². The Kier molecular flexibility index (Phi) is 4.45. The van der Waals surface area contributed by atoms with Crippen molar-refractivity contribution in [1.82, 2.24) is 5.32 Å². The summed E-state index contributed by atoms with van der Waals surface area (Å²) in [4.78, 5) is 10.9. The van der Waals surface area contributed by atoms with E-state index in [2.05, 4.69) is 29.6 Å². The van der Waals surface area contributed by atoms with Crippen molar-refractivity contribution < 1.29 is 15.0 Å². The zero-order valence-electron chi connectivity index (χ0n) is 12.1. The fourth-order valence-corrected chi connectivity index (χ4v) is 2.54. The molecule has 2 rings (SSSR count). The van der Waals surface area contributed by atoms with Gasteiger partial charge in [0.05, 0.1) is 11.5 Å². The molecule has 1 saturated heterocycles. The molecule has 4 heteroatoms. The number of nitrogens with one attached hydrogen (secondary N) is 1. The lowest BCUT2D eigenvalue weighted by Crippen LogP contribution is -2.19. The summed E-state index contributed by atoms with van der Waals surface area (Å²) in [6.45, 7) is 4.17. The van der Waals surface area contributed by atoms with E-state index in [9.17, 15) is 9.90 Å². The van der Waals surface area contributed by atoms with Crippen LogP contribution in [-0.4, -0.2) is 28.3 Å². The summed E-state index contributed by atoms with van der Waals surface area (Å²) >= 11 is 0. The molecule has 0 saturated carbocycles. The van der Waals surface area contributed by atoms with Gasteiger partial charge in [0, 0.05) is 12.6 Å². The van der Waals surface area contributed by atoms with Crippen LogP contribution in [0, 0.1) is 5.92 Å². The quantitative estimate of drug-likeness (QED) is 0.771. The van der Waals surface area contributed by atoms with Crippen LogP contribution in [0.3, 0.4) is 0 Å². The Hall–Kier alpha value is -1.39. The van der Waals surface area contributed by atoms with Gasteiger partial charge in [0.2, 0.25) is 0 Å². The van der Waals surface area contributed by atoms with Crippen LogP contribution in [0.15, 0.2) is 24.3 Å². The van der Waals surface area contributed by atoms with Crippen molar-refractivity contribution in [2.45, 2.75) is 44.8 Å². The molecule has 2 unspecified atom stereocenters. The average Bonchev–Trinajstić information content (AvgIpc) is 2.86. The van der Waals surface area contributed by atoms with Crippen molar-refractivity contribution >= 4 is 5.97 Å². The van der Waals surface area contributed by atoms with E-state index in [0.717, 1.165) is 18.4 Å². The lowest BCUT2D eigenvalue weighted by atomic mass is 9.96. The van der Waals surface area contributed by atoms with Crippen LogP contribution in [0.25, 0.3) is 0 Å². The van der Waals surface area contributed by atoms with Crippen molar-refractivity contribution in [1.29, 1.82) is 0 Å². The zero-order valence-corrected chi connectivity index (χ0v) is 12.1. The number of carboxylic acids is 1. The molecule has 3 N–H and O–H groups in total. The van der Waals surface area contributed by atoms with Crippen LogP contribution in [0.1, 0.15) is 43.9 Å². The lowest BCUT2D eigenvalue weighted by molar-refractivity contribution is -0.141. The van der Waals surface area contributed by atoms with E-state index >= 15 is 0 Å². The summed E-state index contributed by atoms with van der Waals surface area (Å²) in [5.74, 6) is -1.00. The van der Waals surface area contributed by atoms with Gasteiger partial charge in [0.1, 0.15) is 0 Å². The molecule has 0 amide bonds. The molecule has 1 heterocycles. The average molecular weight is 277 g/mol. The second-order valence-electron chi connectivity index (χ2n) is 6.29. The van der Waals surface area contributed by atoms with Gasteiger partial charge in [-0.1, -0.05) is 24.3 Å². The Bertz CT molecular complexity index is 462. The third-order valence-electron chi connectivity index (χ3n) is 3.89. The Labute approximate surface area is 119 Å². The molecule has 0 bridgehead atoms. The first-order valence-electron chi connectivity index (χ1n) is 7.12. The van der Waals surface area contributed by atoms with Gasteiger partial charge in [-0.25, -0.2) is 0 Å². The molecule has 0 aromatic heterocycles. The topological polar surface area (TPSA) is 69.6 Å². The van der Waals surface area contributed by atoms with Crippen LogP contribution < -0.4 is 5.32 Å². The van der Waals surface area contributed by atoms with Crippen LogP contribution in [0.2, 0.25) is 0 Å². The number of rotatable bonds is 5. The second kappa shape index (κ2) is 5.94. The molecular weight excluding hydrogens is 254 g/mol. The minimum Gasteiger partial charge on any atom is -0.481 e. The highest BCUT2D eigenvalue weighted by atomic mass is 16.4. The normalized spacial score (nSPS) is 22.9. The number of hydrogen-bond donors (Lipinski definition) is 3. The van der Waals surface area contributed by atoms with E-state index in [-0.39, 0.29) is 12.0 Å². The van der Waals surface area contributed by atoms with E-state index in [0.29, 0.717) is 13.0 Å². The predicted octanol–water partition coefficient (Wildman–Crippen LogP) is 2.13. The maximum absolute atomic E-state index is 10.9. The van der Waals surface area contributed by atoms with Gasteiger partial charge >= 0.3 is 5.97 Å². The Morgan fingerprint density at radius 2 is 2.00 bits per heavy atom. The highest BCUT2D eigenvalue weighted by Gasteiger charge is 2.29. The Morgan fingerprint density at radius 3 is 2.50 bits per heavy atom. The third-order valence-corrected chi connectivity index (χ3v) is 3.89. The van der Waals surface area contributed by atoms with Gasteiger partial charge in [0.15, 0.2) is 0 Å². The molecule has 0 spiro atoms. The maximum Gasteiger partial charge on any atom is 0.307 e. The summed E-state index contributed by atoms with van der Waals surface area (Å²) in [5, 5.41) is 22.0. The highest BCUT2D eigenvalue weighted by molar-refractivity contribution is 5.70. The number of benzene rings is 1. The van der Waals surface area contributed by atoms with Crippen molar-refractivity contribution in [2.24, 2.45) is 5.92 Å². The molecule has 1 fully saturated rings. The molecule has 1 aromatic rings. The number of carboxylic acid groups (broad SMARTS) is 1. The highest BCUT2D eigenvalue weighted by Crippen LogP contribution is 2.27. The zero-order chi connectivity index (χ0) is 14.8. The molecule has 1 aliphatic rings. The van der Waals surface area contributed by atoms with E-state index < -0.39 is 11.6 Å². The van der Waals surface area contributed by atoms with E-state index in [1.54, 1.807) is 0 Å². The lowest BCUT2D eigenvalue weighted by Gasteiger charge is -2.17. The summed E-state index contributed by atoms with van der Waals surface area (Å²) in [5.41, 5.74) is 1.70. The minimum atomic E-state index is -0.721. The van der Waals surface area contributed by atoms with Crippen LogP contribution >= 0.6 is 0 Å². The monoisotopic (exact) mass is 277 g/mol. The van der Waals surface area contributed by atoms with E-state index in [1.807, 2.05) is 13.8 Å². The molecule has 20 heavy (non-hydrogen) atoms. The van der Waals surface area contributed by atoms with Gasteiger partial charge in [-0.15, -0.1) is 0 Å². The van der Waals surface area contributed by atoms with Crippen LogP contribution in [0.4, 0.5) is 0 Å². The van der Waals surface area contributed by atoms with Gasteiger partial charge in [-0.3, -0.25) is 4.79 Å². The van der Waals surface area contributed by atoms with Gasteiger partial charge in [-0.2, -0.15) is 0 Å². The van der Waals surface area contributed by atoms with Gasteiger partial charge in [0.25, 0.3) is 0 Å². The third kappa shape index (κ3) is 4.05. The molecule has 2 atom stereocenters. The second-order valence-corrected chi connectivity index (χ2v) is 6.29. The summed E-state index contributed by atoms with van der Waals surface area (Å²) < 4.78 is 0. The maximum atomic E-state index is 10.9. The smallest absolute Gasteiger partial charge is 0.307 e. The molecule has 1 aromatic carbocycles. The van der Waals surface area contributed by atoms with E-state index in [4.69, 9.17) is 5.11 Å². The molecule has 4 nitrogen and oxygen atoms in total. The first-order valence-corrected chi connectivity index (χ1v) is 7.12. The minimum absolute atomic E-state index is 0.138. The van der Waals surface area contributed by atoms with Crippen molar-refractivity contribution in [2.75, 3.05) is 6.54 Å². The molecule has 0 radical (unpaired) electrons. The first kappa shape index (κ1) is 15.0. The van der Waals surface area contributed by atoms with Crippen molar-refractivity contribution in [3.05, 3.63) is 35.4 Å². The molecule has 0 aliphatic carbocycles. The molecule has 1 aliphatic heterocycles. The number of hydrogen-bond acceptors (Lipinski definition) is 3. The number of aryl methyl sites for hydroxylation is 1. The SMILES string of the molecule is CC(C)(O)CCc1ccc(C2CC(C(=O)O)CN2)cc1.